The molecule has 0 aromatic heterocycles. The molecule has 9 heavy (non-hydrogen) atoms. The van der Waals surface area contributed by atoms with E-state index in [1.54, 1.807) is 0 Å². The average Bonchev–Trinajstić information content (AvgIpc) is 1.63. The molecular weight excluding hydrogens is 138 g/mol. The van der Waals surface area contributed by atoms with Crippen LogP contribution in [0.5, 0.6) is 0 Å². The van der Waals surface area contributed by atoms with Crippen molar-refractivity contribution in [1.29, 1.82) is 0 Å². The standard InChI is InChI=1S/C5H13NO2S/c1-5(2)8-3-4-9(6)7/h5H,3-4,6H2,1-2H3. The summed E-state index contributed by atoms with van der Waals surface area (Å²) in [6, 6.07) is 0. The van der Waals surface area contributed by atoms with E-state index in [-0.39, 0.29) is 6.10 Å². The molecule has 0 aliphatic heterocycles. The molecule has 1 atom stereocenters. The smallest absolute Gasteiger partial charge is 0.0911 e. The minimum absolute atomic E-state index is 0.202. The first-order valence-electron chi connectivity index (χ1n) is 2.87. The predicted molar refractivity (Wildman–Crippen MR) is 38.3 cm³/mol. The molecule has 56 valence electrons. The first kappa shape index (κ1) is 9.07. The SMILES string of the molecule is CC(C)OCCS(N)=O. The van der Waals surface area contributed by atoms with Crippen LogP contribution in [0.1, 0.15) is 13.8 Å². The Bertz CT molecular complexity index is 95.0. The van der Waals surface area contributed by atoms with Gasteiger partial charge < -0.3 is 4.74 Å². The Morgan fingerprint density at radius 1 is 1.67 bits per heavy atom. The zero-order valence-corrected chi connectivity index (χ0v) is 6.61. The molecule has 0 amide bonds. The lowest BCUT2D eigenvalue weighted by Crippen LogP contribution is -2.15. The fourth-order valence-corrected chi connectivity index (χ4v) is 0.626. The number of hydrogen-bond donors (Lipinski definition) is 1. The first-order valence-corrected chi connectivity index (χ1v) is 4.25. The fourth-order valence-electron chi connectivity index (χ4n) is 0.366. The second-order valence-electron chi connectivity index (χ2n) is 2.00. The van der Waals surface area contributed by atoms with Crippen molar-refractivity contribution in [2.75, 3.05) is 12.4 Å². The van der Waals surface area contributed by atoms with Crippen LogP contribution in [0, 0.1) is 0 Å². The number of rotatable bonds is 4. The zero-order chi connectivity index (χ0) is 7.28. The van der Waals surface area contributed by atoms with Crippen LogP contribution >= 0.6 is 0 Å². The quantitative estimate of drug-likeness (QED) is 0.616. The Hall–Kier alpha value is 0.0700. The molecular formula is C5H13NO2S. The van der Waals surface area contributed by atoms with Gasteiger partial charge >= 0.3 is 0 Å². The van der Waals surface area contributed by atoms with Gasteiger partial charge in [-0.3, -0.25) is 5.14 Å². The summed E-state index contributed by atoms with van der Waals surface area (Å²) in [5.41, 5.74) is 0. The van der Waals surface area contributed by atoms with Crippen molar-refractivity contribution in [2.24, 2.45) is 5.14 Å². The summed E-state index contributed by atoms with van der Waals surface area (Å²) >= 11 is 0. The summed E-state index contributed by atoms with van der Waals surface area (Å²) in [6.07, 6.45) is 0.202. The maximum Gasteiger partial charge on any atom is 0.0911 e. The first-order chi connectivity index (χ1) is 4.13. The molecule has 1 unspecified atom stereocenters. The molecule has 2 N–H and O–H groups in total. The lowest BCUT2D eigenvalue weighted by molar-refractivity contribution is 0.0916. The highest BCUT2D eigenvalue weighted by atomic mass is 32.2. The van der Waals surface area contributed by atoms with Gasteiger partial charge in [-0.05, 0) is 13.8 Å². The van der Waals surface area contributed by atoms with Crippen molar-refractivity contribution in [3.63, 3.8) is 0 Å². The van der Waals surface area contributed by atoms with Crippen molar-refractivity contribution in [3.05, 3.63) is 0 Å². The predicted octanol–water partition coefficient (Wildman–Crippen LogP) is 0.0338. The van der Waals surface area contributed by atoms with Crippen LogP contribution in [-0.4, -0.2) is 22.7 Å². The fraction of sp³-hybridized carbons (Fsp3) is 1.00. The average molecular weight is 151 g/mol. The van der Waals surface area contributed by atoms with E-state index >= 15 is 0 Å². The van der Waals surface area contributed by atoms with E-state index in [0.29, 0.717) is 12.4 Å². The molecule has 0 radical (unpaired) electrons. The van der Waals surface area contributed by atoms with Crippen LogP contribution in [0.4, 0.5) is 0 Å². The summed E-state index contributed by atoms with van der Waals surface area (Å²) in [4.78, 5) is 0. The van der Waals surface area contributed by atoms with E-state index < -0.39 is 11.0 Å². The second-order valence-corrected chi connectivity index (χ2v) is 3.17. The largest absolute Gasteiger partial charge is 0.378 e. The van der Waals surface area contributed by atoms with E-state index in [0.717, 1.165) is 0 Å². The Morgan fingerprint density at radius 3 is 2.56 bits per heavy atom. The van der Waals surface area contributed by atoms with Crippen LogP contribution in [0.2, 0.25) is 0 Å². The molecule has 0 saturated carbocycles. The van der Waals surface area contributed by atoms with Gasteiger partial charge in [0, 0.05) is 0 Å². The molecule has 0 rings (SSSR count). The van der Waals surface area contributed by atoms with Gasteiger partial charge in [0.25, 0.3) is 0 Å². The van der Waals surface area contributed by atoms with Gasteiger partial charge in [0.2, 0.25) is 0 Å². The summed E-state index contributed by atoms with van der Waals surface area (Å²) in [7, 11) is -1.21. The molecule has 0 spiro atoms. The van der Waals surface area contributed by atoms with Crippen molar-refractivity contribution in [1.82, 2.24) is 0 Å². The zero-order valence-electron chi connectivity index (χ0n) is 5.79. The maximum absolute atomic E-state index is 10.2. The Labute approximate surface area is 58.2 Å². The Balaban J connectivity index is 3.01. The molecule has 0 aromatic carbocycles. The topological polar surface area (TPSA) is 52.3 Å². The third kappa shape index (κ3) is 8.07. The van der Waals surface area contributed by atoms with E-state index in [9.17, 15) is 4.21 Å². The van der Waals surface area contributed by atoms with Crippen molar-refractivity contribution in [3.8, 4) is 0 Å². The van der Waals surface area contributed by atoms with Gasteiger partial charge in [-0.1, -0.05) is 0 Å². The van der Waals surface area contributed by atoms with Crippen LogP contribution in [0.3, 0.4) is 0 Å². The van der Waals surface area contributed by atoms with E-state index in [4.69, 9.17) is 9.88 Å². The molecule has 4 heteroatoms. The lowest BCUT2D eigenvalue weighted by Gasteiger charge is -2.04. The summed E-state index contributed by atoms with van der Waals surface area (Å²) in [5, 5.41) is 4.97. The van der Waals surface area contributed by atoms with E-state index in [2.05, 4.69) is 0 Å². The van der Waals surface area contributed by atoms with Crippen molar-refractivity contribution < 1.29 is 8.95 Å². The Morgan fingerprint density at radius 2 is 2.22 bits per heavy atom. The van der Waals surface area contributed by atoms with Gasteiger partial charge in [0.05, 0.1) is 29.4 Å². The molecule has 0 aromatic rings. The second kappa shape index (κ2) is 4.90. The van der Waals surface area contributed by atoms with Crippen molar-refractivity contribution >= 4 is 11.0 Å². The van der Waals surface area contributed by atoms with E-state index in [1.807, 2.05) is 13.8 Å². The van der Waals surface area contributed by atoms with E-state index in [1.165, 1.54) is 0 Å². The van der Waals surface area contributed by atoms with Gasteiger partial charge in [0.15, 0.2) is 0 Å². The summed E-state index contributed by atoms with van der Waals surface area (Å²) < 4.78 is 15.3. The van der Waals surface area contributed by atoms with Crippen LogP contribution in [0.25, 0.3) is 0 Å². The van der Waals surface area contributed by atoms with Gasteiger partial charge in [-0.25, -0.2) is 4.21 Å². The highest BCUT2D eigenvalue weighted by Gasteiger charge is 1.94. The molecule has 0 fully saturated rings. The third-order valence-electron chi connectivity index (χ3n) is 0.736. The van der Waals surface area contributed by atoms with Crippen LogP contribution < -0.4 is 5.14 Å². The normalized spacial score (nSPS) is 14.2. The third-order valence-corrected chi connectivity index (χ3v) is 1.30. The molecule has 0 bridgehead atoms. The monoisotopic (exact) mass is 151 g/mol. The van der Waals surface area contributed by atoms with Gasteiger partial charge in [-0.2, -0.15) is 0 Å². The summed E-state index contributed by atoms with van der Waals surface area (Å²) in [5.74, 6) is 0.429. The lowest BCUT2D eigenvalue weighted by atomic mass is 10.5. The minimum Gasteiger partial charge on any atom is -0.378 e. The van der Waals surface area contributed by atoms with Crippen molar-refractivity contribution in [2.45, 2.75) is 20.0 Å². The summed E-state index contributed by atoms with van der Waals surface area (Å²) in [6.45, 7) is 4.35. The van der Waals surface area contributed by atoms with Crippen LogP contribution in [0.15, 0.2) is 0 Å². The number of nitrogens with two attached hydrogens (primary N) is 1. The molecule has 0 heterocycles. The number of hydrogen-bond acceptors (Lipinski definition) is 2. The van der Waals surface area contributed by atoms with Gasteiger partial charge in [0.1, 0.15) is 0 Å². The molecule has 0 aliphatic rings. The molecule has 0 saturated heterocycles. The highest BCUT2D eigenvalue weighted by molar-refractivity contribution is 7.82. The minimum atomic E-state index is -1.21. The molecule has 3 nitrogen and oxygen atoms in total. The molecule has 0 aliphatic carbocycles. The Kier molecular flexibility index (Phi) is 4.94. The van der Waals surface area contributed by atoms with Crippen LogP contribution in [-0.2, 0) is 15.7 Å². The number of ether oxygens (including phenoxy) is 1. The maximum atomic E-state index is 10.2. The highest BCUT2D eigenvalue weighted by Crippen LogP contribution is 1.86. The van der Waals surface area contributed by atoms with Gasteiger partial charge in [-0.15, -0.1) is 0 Å².